The summed E-state index contributed by atoms with van der Waals surface area (Å²) in [6, 6.07) is 16.8. The van der Waals surface area contributed by atoms with Crippen molar-refractivity contribution in [3.8, 4) is 11.5 Å². The monoisotopic (exact) mass is 548 g/mol. The molecule has 0 saturated heterocycles. The molecule has 0 atom stereocenters. The van der Waals surface area contributed by atoms with Gasteiger partial charge in [-0.3, -0.25) is 14.4 Å². The van der Waals surface area contributed by atoms with Crippen LogP contribution in [0.1, 0.15) is 24.8 Å². The van der Waals surface area contributed by atoms with Gasteiger partial charge in [0.15, 0.2) is 6.61 Å². The largest absolute Gasteiger partial charge is 0.456 e. The van der Waals surface area contributed by atoms with E-state index in [1.54, 1.807) is 60.7 Å². The number of rotatable bonds is 10. The predicted octanol–water partition coefficient (Wildman–Crippen LogP) is 7.04. The molecule has 0 unspecified atom stereocenters. The van der Waals surface area contributed by atoms with Gasteiger partial charge in [0.05, 0.1) is 5.02 Å². The lowest BCUT2D eigenvalue weighted by atomic mass is 10.2. The normalized spacial score (nSPS) is 10.4. The molecule has 3 aromatic carbocycles. The summed E-state index contributed by atoms with van der Waals surface area (Å²) in [5.41, 5.74) is 1.97. The van der Waals surface area contributed by atoms with E-state index in [1.807, 2.05) is 6.92 Å². The number of esters is 1. The number of aryl methyl sites for hydroxylation is 1. The third-order valence-electron chi connectivity index (χ3n) is 4.86. The minimum Gasteiger partial charge on any atom is -0.456 e. The second-order valence-corrected chi connectivity index (χ2v) is 9.03. The third-order valence-corrected chi connectivity index (χ3v) is 5.80. The number of anilines is 2. The highest BCUT2D eigenvalue weighted by atomic mass is 35.5. The Morgan fingerprint density at radius 1 is 0.778 bits per heavy atom. The first-order chi connectivity index (χ1) is 17.2. The highest BCUT2D eigenvalue weighted by Crippen LogP contribution is 2.32. The molecular formula is C26H23Cl3N2O5. The number of hydrogen-bond acceptors (Lipinski definition) is 5. The number of benzene rings is 3. The molecule has 0 radical (unpaired) electrons. The van der Waals surface area contributed by atoms with Gasteiger partial charge < -0.3 is 20.1 Å². The molecule has 0 bridgehead atoms. The number of nitrogens with one attached hydrogen (secondary N) is 2. The molecule has 2 amide bonds. The molecule has 0 spiro atoms. The van der Waals surface area contributed by atoms with E-state index in [9.17, 15) is 14.4 Å². The van der Waals surface area contributed by atoms with E-state index >= 15 is 0 Å². The number of hydrogen-bond donors (Lipinski definition) is 2. The maximum Gasteiger partial charge on any atom is 0.306 e. The Balaban J connectivity index is 1.34. The quantitative estimate of drug-likeness (QED) is 0.265. The number of ether oxygens (including phenoxy) is 2. The molecule has 0 heterocycles. The Hall–Kier alpha value is -3.26. The molecular weight excluding hydrogens is 527 g/mol. The van der Waals surface area contributed by atoms with Gasteiger partial charge in [0, 0.05) is 34.3 Å². The number of carbonyl (C=O) groups excluding carboxylic acids is 3. The number of amides is 2. The van der Waals surface area contributed by atoms with E-state index in [0.29, 0.717) is 37.9 Å². The highest BCUT2D eigenvalue weighted by molar-refractivity contribution is 6.35. The van der Waals surface area contributed by atoms with Gasteiger partial charge in [0.2, 0.25) is 5.91 Å². The average Bonchev–Trinajstić information content (AvgIpc) is 2.83. The van der Waals surface area contributed by atoms with Crippen LogP contribution in [0, 0.1) is 6.92 Å². The lowest BCUT2D eigenvalue weighted by Crippen LogP contribution is -2.21. The summed E-state index contributed by atoms with van der Waals surface area (Å²) >= 11 is 18.0. The fourth-order valence-corrected chi connectivity index (χ4v) is 3.62. The van der Waals surface area contributed by atoms with Crippen molar-refractivity contribution in [2.75, 3.05) is 17.2 Å². The van der Waals surface area contributed by atoms with Crippen LogP contribution in [-0.4, -0.2) is 24.4 Å². The van der Waals surface area contributed by atoms with Crippen molar-refractivity contribution in [3.63, 3.8) is 0 Å². The Labute approximate surface area is 223 Å². The molecule has 0 aromatic heterocycles. The van der Waals surface area contributed by atoms with Crippen molar-refractivity contribution in [2.45, 2.75) is 26.2 Å². The van der Waals surface area contributed by atoms with Crippen LogP contribution in [0.5, 0.6) is 11.5 Å². The molecule has 7 nitrogen and oxygen atoms in total. The van der Waals surface area contributed by atoms with Gasteiger partial charge in [-0.1, -0.05) is 40.9 Å². The van der Waals surface area contributed by atoms with Crippen molar-refractivity contribution in [1.29, 1.82) is 0 Å². The van der Waals surface area contributed by atoms with Gasteiger partial charge in [-0.2, -0.15) is 0 Å². The number of halogens is 3. The molecule has 10 heteroatoms. The van der Waals surface area contributed by atoms with Crippen molar-refractivity contribution < 1.29 is 23.9 Å². The Bertz CT molecular complexity index is 1250. The van der Waals surface area contributed by atoms with Gasteiger partial charge in [0.25, 0.3) is 5.91 Å². The lowest BCUT2D eigenvalue weighted by molar-refractivity contribution is -0.147. The zero-order valence-corrected chi connectivity index (χ0v) is 21.5. The van der Waals surface area contributed by atoms with Crippen LogP contribution in [0.3, 0.4) is 0 Å². The molecule has 0 saturated carbocycles. The van der Waals surface area contributed by atoms with Gasteiger partial charge in [0.1, 0.15) is 11.5 Å². The molecule has 36 heavy (non-hydrogen) atoms. The smallest absolute Gasteiger partial charge is 0.306 e. The summed E-state index contributed by atoms with van der Waals surface area (Å²) < 4.78 is 10.7. The van der Waals surface area contributed by atoms with Gasteiger partial charge in [-0.25, -0.2) is 0 Å². The zero-order valence-electron chi connectivity index (χ0n) is 19.3. The third kappa shape index (κ3) is 8.75. The molecule has 3 aromatic rings. The van der Waals surface area contributed by atoms with Crippen LogP contribution >= 0.6 is 34.8 Å². The Morgan fingerprint density at radius 2 is 1.47 bits per heavy atom. The van der Waals surface area contributed by atoms with E-state index in [4.69, 9.17) is 44.3 Å². The summed E-state index contributed by atoms with van der Waals surface area (Å²) in [7, 11) is 0. The van der Waals surface area contributed by atoms with Gasteiger partial charge in [-0.15, -0.1) is 0 Å². The van der Waals surface area contributed by atoms with Crippen molar-refractivity contribution in [3.05, 3.63) is 81.3 Å². The SMILES string of the molecule is Cc1ccc(NC(=O)COC(=O)CCCC(=O)Nc2ccc(Oc3ccc(Cl)cc3Cl)cc2)cc1Cl. The van der Waals surface area contributed by atoms with Crippen molar-refractivity contribution >= 4 is 64.0 Å². The fraction of sp³-hybridized carbons (Fsp3) is 0.192. The van der Waals surface area contributed by atoms with Crippen LogP contribution in [-0.2, 0) is 19.1 Å². The molecule has 0 aliphatic carbocycles. The Kier molecular flexibility index (Phi) is 9.99. The average molecular weight is 550 g/mol. The topological polar surface area (TPSA) is 93.7 Å². The van der Waals surface area contributed by atoms with E-state index in [0.717, 1.165) is 5.56 Å². The second kappa shape index (κ2) is 13.2. The van der Waals surface area contributed by atoms with E-state index in [-0.39, 0.29) is 25.2 Å². The summed E-state index contributed by atoms with van der Waals surface area (Å²) in [5.74, 6) is -0.309. The maximum absolute atomic E-state index is 12.2. The second-order valence-electron chi connectivity index (χ2n) is 7.78. The molecule has 0 fully saturated rings. The van der Waals surface area contributed by atoms with Gasteiger partial charge >= 0.3 is 5.97 Å². The van der Waals surface area contributed by atoms with Crippen LogP contribution in [0.15, 0.2) is 60.7 Å². The summed E-state index contributed by atoms with van der Waals surface area (Å²) in [6.07, 6.45) is 0.392. The molecule has 188 valence electrons. The maximum atomic E-state index is 12.2. The molecule has 0 aliphatic heterocycles. The first-order valence-electron chi connectivity index (χ1n) is 10.9. The van der Waals surface area contributed by atoms with Crippen LogP contribution < -0.4 is 15.4 Å². The first-order valence-corrected chi connectivity index (χ1v) is 12.1. The van der Waals surface area contributed by atoms with E-state index in [1.165, 1.54) is 0 Å². The molecule has 0 aliphatic rings. The standard InChI is InChI=1S/C26H23Cl3N2O5/c1-16-5-7-19(14-21(16)28)31-25(33)15-35-26(34)4-2-3-24(32)30-18-8-10-20(11-9-18)36-23-12-6-17(27)13-22(23)29/h5-14H,2-4,15H2,1H3,(H,30,32)(H,31,33). The minimum atomic E-state index is -0.567. The van der Waals surface area contributed by atoms with Crippen molar-refractivity contribution in [2.24, 2.45) is 0 Å². The van der Waals surface area contributed by atoms with Crippen LogP contribution in [0.25, 0.3) is 0 Å². The van der Waals surface area contributed by atoms with E-state index < -0.39 is 18.5 Å². The summed E-state index contributed by atoms with van der Waals surface area (Å²) in [6.45, 7) is 1.42. The lowest BCUT2D eigenvalue weighted by Gasteiger charge is -2.10. The van der Waals surface area contributed by atoms with Crippen LogP contribution in [0.2, 0.25) is 15.1 Å². The Morgan fingerprint density at radius 3 is 2.17 bits per heavy atom. The highest BCUT2D eigenvalue weighted by Gasteiger charge is 2.11. The predicted molar refractivity (Wildman–Crippen MR) is 141 cm³/mol. The van der Waals surface area contributed by atoms with Gasteiger partial charge in [-0.05, 0) is 73.5 Å². The fourth-order valence-electron chi connectivity index (χ4n) is 2.99. The minimum absolute atomic E-state index is 0.00564. The van der Waals surface area contributed by atoms with Crippen molar-refractivity contribution in [1.82, 2.24) is 0 Å². The first kappa shape index (κ1) is 27.3. The molecule has 2 N–H and O–H groups in total. The summed E-state index contributed by atoms with van der Waals surface area (Å²) in [4.78, 5) is 36.0. The summed E-state index contributed by atoms with van der Waals surface area (Å²) in [5, 5.41) is 6.77. The zero-order chi connectivity index (χ0) is 26.1. The van der Waals surface area contributed by atoms with Crippen LogP contribution in [0.4, 0.5) is 11.4 Å². The molecule has 3 rings (SSSR count). The van der Waals surface area contributed by atoms with E-state index in [2.05, 4.69) is 10.6 Å². The number of carbonyl (C=O) groups is 3.